The molecular weight excluding hydrogens is 248 g/mol. The van der Waals surface area contributed by atoms with Gasteiger partial charge in [-0.1, -0.05) is 11.3 Å². The Bertz CT molecular complexity index is 487. The van der Waals surface area contributed by atoms with Gasteiger partial charge in [-0.3, -0.25) is 4.79 Å². The Kier molecular flexibility index (Phi) is 4.42. The summed E-state index contributed by atoms with van der Waals surface area (Å²) in [6.45, 7) is 9.74. The largest absolute Gasteiger partial charge is 0.476 e. The van der Waals surface area contributed by atoms with E-state index in [2.05, 4.69) is 16.9 Å². The van der Waals surface area contributed by atoms with Gasteiger partial charge in [-0.2, -0.15) is 0 Å². The highest BCUT2D eigenvalue weighted by Gasteiger charge is 2.25. The second-order valence-corrected chi connectivity index (χ2v) is 5.07. The quantitative estimate of drug-likeness (QED) is 0.796. The first-order valence-electron chi connectivity index (χ1n) is 5.80. The van der Waals surface area contributed by atoms with E-state index >= 15 is 0 Å². The van der Waals surface area contributed by atoms with Gasteiger partial charge in [-0.05, 0) is 20.8 Å². The van der Waals surface area contributed by atoms with E-state index in [1.807, 2.05) is 20.8 Å². The van der Waals surface area contributed by atoms with Crippen molar-refractivity contribution in [2.75, 3.05) is 6.54 Å². The average molecular weight is 266 g/mol. The number of nitrogens with zero attached hydrogens (tertiary/aromatic N) is 4. The van der Waals surface area contributed by atoms with Crippen LogP contribution < -0.4 is 0 Å². The second kappa shape index (κ2) is 5.64. The highest BCUT2D eigenvalue weighted by Crippen LogP contribution is 2.13. The summed E-state index contributed by atoms with van der Waals surface area (Å²) in [4.78, 5) is 24.5. The molecule has 7 nitrogen and oxygen atoms in total. The molecule has 0 aliphatic heterocycles. The van der Waals surface area contributed by atoms with Gasteiger partial charge in [-0.15, -0.1) is 11.7 Å². The van der Waals surface area contributed by atoms with Crippen molar-refractivity contribution in [1.29, 1.82) is 0 Å². The van der Waals surface area contributed by atoms with Gasteiger partial charge in [0, 0.05) is 12.1 Å². The molecule has 1 amide bonds. The molecule has 0 bridgehead atoms. The molecule has 19 heavy (non-hydrogen) atoms. The van der Waals surface area contributed by atoms with E-state index in [0.717, 1.165) is 0 Å². The van der Waals surface area contributed by atoms with Gasteiger partial charge in [0.15, 0.2) is 5.69 Å². The molecule has 0 aromatic carbocycles. The Hall–Kier alpha value is -2.18. The van der Waals surface area contributed by atoms with Gasteiger partial charge >= 0.3 is 5.97 Å². The second-order valence-electron chi connectivity index (χ2n) is 5.07. The van der Waals surface area contributed by atoms with Gasteiger partial charge in [0.2, 0.25) is 5.91 Å². The van der Waals surface area contributed by atoms with Crippen LogP contribution in [-0.4, -0.2) is 49.0 Å². The van der Waals surface area contributed by atoms with E-state index < -0.39 is 5.97 Å². The molecule has 1 N–H and O–H groups in total. The molecule has 7 heteroatoms. The maximum atomic E-state index is 12.2. The Morgan fingerprint density at radius 1 is 1.53 bits per heavy atom. The zero-order chi connectivity index (χ0) is 14.6. The van der Waals surface area contributed by atoms with E-state index in [9.17, 15) is 9.59 Å². The van der Waals surface area contributed by atoms with E-state index in [4.69, 9.17) is 5.11 Å². The number of carbonyl (C=O) groups is 2. The number of carbonyl (C=O) groups excluding carboxylic acids is 1. The highest BCUT2D eigenvalue weighted by molar-refractivity contribution is 5.84. The first kappa shape index (κ1) is 14.9. The third-order valence-electron chi connectivity index (χ3n) is 2.48. The summed E-state index contributed by atoms with van der Waals surface area (Å²) < 4.78 is 1.22. The fourth-order valence-corrected chi connectivity index (χ4v) is 1.58. The van der Waals surface area contributed by atoms with Crippen LogP contribution in [0.3, 0.4) is 0 Å². The van der Waals surface area contributed by atoms with E-state index in [0.29, 0.717) is 6.54 Å². The van der Waals surface area contributed by atoms with Crippen molar-refractivity contribution in [1.82, 2.24) is 19.9 Å². The van der Waals surface area contributed by atoms with Crippen molar-refractivity contribution >= 4 is 11.9 Å². The summed E-state index contributed by atoms with van der Waals surface area (Å²) in [6, 6.07) is 0. The third kappa shape index (κ3) is 3.90. The first-order valence-corrected chi connectivity index (χ1v) is 5.80. The molecule has 0 saturated carbocycles. The lowest BCUT2D eigenvalue weighted by Crippen LogP contribution is -2.47. The fourth-order valence-electron chi connectivity index (χ4n) is 1.58. The molecule has 1 rings (SSSR count). The van der Waals surface area contributed by atoms with Crippen molar-refractivity contribution < 1.29 is 14.7 Å². The molecule has 0 fully saturated rings. The lowest BCUT2D eigenvalue weighted by molar-refractivity contribution is -0.136. The lowest BCUT2D eigenvalue weighted by Gasteiger charge is -2.34. The summed E-state index contributed by atoms with van der Waals surface area (Å²) in [7, 11) is 0. The molecule has 1 aromatic heterocycles. The number of hydrogen-bond donors (Lipinski definition) is 1. The molecule has 0 aliphatic carbocycles. The predicted octanol–water partition coefficient (Wildman–Crippen LogP) is 0.789. The molecule has 0 radical (unpaired) electrons. The first-order chi connectivity index (χ1) is 8.75. The maximum Gasteiger partial charge on any atom is 0.358 e. The minimum Gasteiger partial charge on any atom is -0.476 e. The van der Waals surface area contributed by atoms with E-state index in [1.165, 1.54) is 10.9 Å². The SMILES string of the molecule is C=CCN(C(=O)Cn1cc(C(=O)O)nn1)C(C)(C)C. The fraction of sp³-hybridized carbons (Fsp3) is 0.500. The Labute approximate surface area is 111 Å². The standard InChI is InChI=1S/C12H18N4O3/c1-5-6-16(12(2,3)4)10(17)8-15-7-9(11(18)19)13-14-15/h5,7H,1,6,8H2,2-4H3,(H,18,19). The molecule has 104 valence electrons. The van der Waals surface area contributed by atoms with E-state index in [-0.39, 0.29) is 23.7 Å². The number of carboxylic acids is 1. The van der Waals surface area contributed by atoms with Crippen molar-refractivity contribution in [3.63, 3.8) is 0 Å². The summed E-state index contributed by atoms with van der Waals surface area (Å²) in [6.07, 6.45) is 2.88. The highest BCUT2D eigenvalue weighted by atomic mass is 16.4. The number of rotatable bonds is 5. The van der Waals surface area contributed by atoms with Gasteiger partial charge in [-0.25, -0.2) is 9.48 Å². The van der Waals surface area contributed by atoms with Crippen molar-refractivity contribution in [3.8, 4) is 0 Å². The number of hydrogen-bond acceptors (Lipinski definition) is 4. The molecule has 0 saturated heterocycles. The van der Waals surface area contributed by atoms with Gasteiger partial charge in [0.25, 0.3) is 0 Å². The molecule has 1 aromatic rings. The van der Waals surface area contributed by atoms with Crippen molar-refractivity contribution in [2.24, 2.45) is 0 Å². The minimum absolute atomic E-state index is 0.0502. The van der Waals surface area contributed by atoms with Gasteiger partial charge in [0.1, 0.15) is 6.54 Å². The average Bonchev–Trinajstić information content (AvgIpc) is 2.72. The van der Waals surface area contributed by atoms with Crippen LogP contribution in [0.1, 0.15) is 31.3 Å². The van der Waals surface area contributed by atoms with Gasteiger partial charge < -0.3 is 10.0 Å². The maximum absolute atomic E-state index is 12.2. The normalized spacial score (nSPS) is 11.1. The van der Waals surface area contributed by atoms with Crippen LogP contribution in [0.2, 0.25) is 0 Å². The van der Waals surface area contributed by atoms with Crippen LogP contribution in [0, 0.1) is 0 Å². The molecule has 0 spiro atoms. The van der Waals surface area contributed by atoms with E-state index in [1.54, 1.807) is 11.0 Å². The van der Waals surface area contributed by atoms with Crippen molar-refractivity contribution in [3.05, 3.63) is 24.5 Å². The molecule has 0 unspecified atom stereocenters. The predicted molar refractivity (Wildman–Crippen MR) is 68.6 cm³/mol. The molecule has 0 aliphatic rings. The van der Waals surface area contributed by atoms with Gasteiger partial charge in [0.05, 0.1) is 6.20 Å². The van der Waals surface area contributed by atoms with Crippen LogP contribution >= 0.6 is 0 Å². The third-order valence-corrected chi connectivity index (χ3v) is 2.48. The summed E-state index contributed by atoms with van der Waals surface area (Å²) in [5.74, 6) is -1.34. The summed E-state index contributed by atoms with van der Waals surface area (Å²) >= 11 is 0. The molecule has 1 heterocycles. The topological polar surface area (TPSA) is 88.3 Å². The van der Waals surface area contributed by atoms with Crippen molar-refractivity contribution in [2.45, 2.75) is 32.9 Å². The zero-order valence-corrected chi connectivity index (χ0v) is 11.3. The minimum atomic E-state index is -1.17. The smallest absolute Gasteiger partial charge is 0.358 e. The van der Waals surface area contributed by atoms with Crippen LogP contribution in [0.4, 0.5) is 0 Å². The lowest BCUT2D eigenvalue weighted by atomic mass is 10.1. The monoisotopic (exact) mass is 266 g/mol. The summed E-state index contributed by atoms with van der Waals surface area (Å²) in [5, 5.41) is 15.8. The number of carboxylic acid groups (broad SMARTS) is 1. The van der Waals surface area contributed by atoms with Crippen LogP contribution in [0.5, 0.6) is 0 Å². The Morgan fingerprint density at radius 2 is 2.16 bits per heavy atom. The zero-order valence-electron chi connectivity index (χ0n) is 11.3. The van der Waals surface area contributed by atoms with Crippen LogP contribution in [0.15, 0.2) is 18.9 Å². The summed E-state index contributed by atoms with van der Waals surface area (Å²) in [5.41, 5.74) is -0.527. The number of aromatic nitrogens is 3. The number of aromatic carboxylic acids is 1. The number of amides is 1. The molecule has 0 atom stereocenters. The van der Waals surface area contributed by atoms with Crippen LogP contribution in [-0.2, 0) is 11.3 Å². The molecular formula is C12H18N4O3. The Balaban J connectivity index is 2.81. The Morgan fingerprint density at radius 3 is 2.58 bits per heavy atom. The van der Waals surface area contributed by atoms with Crippen LogP contribution in [0.25, 0.3) is 0 Å².